The summed E-state index contributed by atoms with van der Waals surface area (Å²) < 4.78 is 0. The first kappa shape index (κ1) is 21.5. The average Bonchev–Trinajstić information content (AvgIpc) is 2.82. The number of aliphatic hydroxyl groups excluding tert-OH is 1. The van der Waals surface area contributed by atoms with Gasteiger partial charge in [-0.3, -0.25) is 0 Å². The lowest BCUT2D eigenvalue weighted by molar-refractivity contribution is -0.686. The maximum atomic E-state index is 8.83. The second kappa shape index (κ2) is 11.1. The van der Waals surface area contributed by atoms with Crippen molar-refractivity contribution in [2.45, 2.75) is 38.9 Å². The number of rotatable bonds is 11. The lowest BCUT2D eigenvalue weighted by atomic mass is 9.96. The van der Waals surface area contributed by atoms with Crippen LogP contribution < -0.4 is 10.6 Å². The number of aliphatic hydroxyl groups is 1. The van der Waals surface area contributed by atoms with Crippen LogP contribution in [0.2, 0.25) is 0 Å². The van der Waals surface area contributed by atoms with Crippen molar-refractivity contribution < 1.29 is 15.7 Å². The molecule has 0 spiro atoms. The zero-order valence-corrected chi connectivity index (χ0v) is 18.3. The highest BCUT2D eigenvalue weighted by Crippen LogP contribution is 2.27. The van der Waals surface area contributed by atoms with Crippen LogP contribution in [0, 0.1) is 0 Å². The van der Waals surface area contributed by atoms with E-state index in [1.54, 1.807) is 0 Å². The minimum Gasteiger partial charge on any atom is -0.396 e. The number of hydrogen-bond donors (Lipinski definition) is 3. The summed E-state index contributed by atoms with van der Waals surface area (Å²) in [6, 6.07) is 28.8. The van der Waals surface area contributed by atoms with E-state index < -0.39 is 0 Å². The first-order valence-corrected chi connectivity index (χ1v) is 11.6. The molecular weight excluding hydrogens is 380 g/mol. The summed E-state index contributed by atoms with van der Waals surface area (Å²) >= 11 is 0. The third-order valence-corrected chi connectivity index (χ3v) is 6.08. The summed E-state index contributed by atoms with van der Waals surface area (Å²) in [6.07, 6.45) is 3.22. The first-order chi connectivity index (χ1) is 15.3. The van der Waals surface area contributed by atoms with Crippen LogP contribution >= 0.6 is 0 Å². The Morgan fingerprint density at radius 3 is 1.77 bits per heavy atom. The Kier molecular flexibility index (Phi) is 7.67. The first-order valence-electron chi connectivity index (χ1n) is 11.6. The highest BCUT2D eigenvalue weighted by Gasteiger charge is 2.09. The topological polar surface area (TPSA) is 53.5 Å². The number of nitrogens with two attached hydrogens (primary N) is 2. The van der Waals surface area contributed by atoms with Gasteiger partial charge in [-0.05, 0) is 46.9 Å². The Morgan fingerprint density at radius 2 is 1.16 bits per heavy atom. The van der Waals surface area contributed by atoms with E-state index in [9.17, 15) is 0 Å². The molecule has 4 rings (SSSR count). The van der Waals surface area contributed by atoms with Crippen LogP contribution in [0.25, 0.3) is 21.5 Å². The zero-order chi connectivity index (χ0) is 21.3. The molecule has 4 aromatic carbocycles. The minimum atomic E-state index is 0.315. The van der Waals surface area contributed by atoms with Crippen LogP contribution in [-0.4, -0.2) is 18.3 Å². The summed E-state index contributed by atoms with van der Waals surface area (Å²) in [5.41, 5.74) is 4.18. The van der Waals surface area contributed by atoms with Gasteiger partial charge in [-0.2, -0.15) is 0 Å². The average molecular weight is 415 g/mol. The number of hydrogen-bond acceptors (Lipinski definition) is 1. The lowest BCUT2D eigenvalue weighted by Gasteiger charge is -2.11. The molecule has 3 nitrogen and oxygen atoms in total. The van der Waals surface area contributed by atoms with Gasteiger partial charge in [0.2, 0.25) is 0 Å². The van der Waals surface area contributed by atoms with Crippen LogP contribution in [0.3, 0.4) is 0 Å². The van der Waals surface area contributed by atoms with Gasteiger partial charge in [0.25, 0.3) is 0 Å². The van der Waals surface area contributed by atoms with Gasteiger partial charge in [0, 0.05) is 23.3 Å². The fourth-order valence-corrected chi connectivity index (χ4v) is 4.37. The fourth-order valence-electron chi connectivity index (χ4n) is 4.37. The molecule has 0 heterocycles. The molecule has 0 amide bonds. The predicted molar refractivity (Wildman–Crippen MR) is 129 cm³/mol. The van der Waals surface area contributed by atoms with Crippen molar-refractivity contribution >= 4 is 21.5 Å². The van der Waals surface area contributed by atoms with Crippen molar-refractivity contribution in [2.75, 3.05) is 13.2 Å². The smallest absolute Gasteiger partial charge is 0.103 e. The van der Waals surface area contributed by atoms with Gasteiger partial charge in [0.15, 0.2) is 0 Å². The second-order valence-electron chi connectivity index (χ2n) is 8.38. The molecule has 0 aliphatic rings. The molecule has 4 aromatic rings. The van der Waals surface area contributed by atoms with Crippen molar-refractivity contribution in [1.29, 1.82) is 0 Å². The maximum absolute atomic E-state index is 8.83. The Hall–Kier alpha value is -2.72. The molecule has 0 bridgehead atoms. The third-order valence-electron chi connectivity index (χ3n) is 6.08. The fraction of sp³-hybridized carbons (Fsp3) is 0.286. The summed E-state index contributed by atoms with van der Waals surface area (Å²) in [6.45, 7) is 4.45. The zero-order valence-electron chi connectivity index (χ0n) is 18.3. The van der Waals surface area contributed by atoms with E-state index in [0.29, 0.717) is 6.61 Å². The predicted octanol–water partition coefficient (Wildman–Crippen LogP) is 3.48. The van der Waals surface area contributed by atoms with Crippen molar-refractivity contribution in [2.24, 2.45) is 0 Å². The number of quaternary nitrogens is 2. The van der Waals surface area contributed by atoms with Crippen LogP contribution in [-0.2, 0) is 19.6 Å². The van der Waals surface area contributed by atoms with Crippen molar-refractivity contribution in [3.05, 3.63) is 95.6 Å². The molecule has 5 N–H and O–H groups in total. The molecule has 0 fully saturated rings. The molecule has 0 atom stereocenters. The quantitative estimate of drug-likeness (QED) is 0.255. The van der Waals surface area contributed by atoms with Gasteiger partial charge in [-0.1, -0.05) is 72.8 Å². The molecule has 3 heteroatoms. The molecule has 0 aromatic heterocycles. The van der Waals surface area contributed by atoms with Crippen molar-refractivity contribution in [3.63, 3.8) is 0 Å². The van der Waals surface area contributed by atoms with Gasteiger partial charge >= 0.3 is 0 Å². The number of benzene rings is 4. The van der Waals surface area contributed by atoms with Crippen LogP contribution in [0.4, 0.5) is 0 Å². The van der Waals surface area contributed by atoms with Crippen LogP contribution in [0.5, 0.6) is 0 Å². The SMILES string of the molecule is OCCCCC[NH2+]Cc1ccc(C[NH2+]Cc2c3ccccc3cc3ccccc23)cc1. The summed E-state index contributed by atoms with van der Waals surface area (Å²) in [7, 11) is 0. The summed E-state index contributed by atoms with van der Waals surface area (Å²) in [5.74, 6) is 0. The van der Waals surface area contributed by atoms with E-state index in [4.69, 9.17) is 5.11 Å². The Bertz CT molecular complexity index is 1050. The van der Waals surface area contributed by atoms with Crippen LogP contribution in [0.1, 0.15) is 36.0 Å². The minimum absolute atomic E-state index is 0.315. The molecule has 0 unspecified atom stereocenters. The normalized spacial score (nSPS) is 11.4. The van der Waals surface area contributed by atoms with Gasteiger partial charge in [-0.15, -0.1) is 0 Å². The van der Waals surface area contributed by atoms with Gasteiger partial charge in [0.1, 0.15) is 19.6 Å². The molecular formula is C28H34N2O+2. The highest BCUT2D eigenvalue weighted by atomic mass is 16.2. The van der Waals surface area contributed by atoms with E-state index in [0.717, 1.165) is 39.0 Å². The van der Waals surface area contributed by atoms with Gasteiger partial charge in [-0.25, -0.2) is 0 Å². The maximum Gasteiger partial charge on any atom is 0.103 e. The molecule has 0 aliphatic carbocycles. The Morgan fingerprint density at radius 1 is 0.581 bits per heavy atom. The number of unbranched alkanes of at least 4 members (excludes halogenated alkanes) is 2. The van der Waals surface area contributed by atoms with Gasteiger partial charge < -0.3 is 15.7 Å². The number of fused-ring (bicyclic) bond motifs is 2. The van der Waals surface area contributed by atoms with Gasteiger partial charge in [0.05, 0.1) is 6.54 Å². The molecule has 0 saturated heterocycles. The molecule has 0 saturated carbocycles. The molecule has 31 heavy (non-hydrogen) atoms. The van der Waals surface area contributed by atoms with E-state index in [1.165, 1.54) is 44.7 Å². The Balaban J connectivity index is 1.35. The van der Waals surface area contributed by atoms with Crippen molar-refractivity contribution in [1.82, 2.24) is 0 Å². The van der Waals surface area contributed by atoms with E-state index >= 15 is 0 Å². The lowest BCUT2D eigenvalue weighted by Crippen LogP contribution is -2.82. The molecule has 160 valence electrons. The van der Waals surface area contributed by atoms with E-state index in [2.05, 4.69) is 89.5 Å². The standard InChI is InChI=1S/C28H32N2O/c31-17-7-1-6-16-29-19-22-12-14-23(15-13-22)20-30-21-28-26-10-4-2-8-24(26)18-25-9-3-5-11-27(25)28/h2-5,8-15,18,29-31H,1,6-7,16-17,19-21H2/p+2. The van der Waals surface area contributed by atoms with Crippen molar-refractivity contribution in [3.8, 4) is 0 Å². The third kappa shape index (κ3) is 5.71. The molecule has 0 radical (unpaired) electrons. The summed E-state index contributed by atoms with van der Waals surface area (Å²) in [4.78, 5) is 0. The monoisotopic (exact) mass is 414 g/mol. The second-order valence-corrected chi connectivity index (χ2v) is 8.38. The Labute approximate surface area is 185 Å². The van der Waals surface area contributed by atoms with E-state index in [-0.39, 0.29) is 0 Å². The summed E-state index contributed by atoms with van der Waals surface area (Å²) in [5, 5.41) is 19.0. The van der Waals surface area contributed by atoms with E-state index in [1.807, 2.05) is 0 Å². The largest absolute Gasteiger partial charge is 0.396 e. The molecule has 0 aliphatic heterocycles. The highest BCUT2D eigenvalue weighted by molar-refractivity contribution is 6.02. The van der Waals surface area contributed by atoms with Crippen LogP contribution in [0.15, 0.2) is 78.9 Å².